The largest absolute Gasteiger partial charge is 0.453 e. The Kier molecular flexibility index (Phi) is 2.40. The molecule has 2 saturated carbocycles. The topological polar surface area (TPSA) is 25.2 Å². The van der Waals surface area contributed by atoms with E-state index in [1.165, 1.54) is 32.2 Å². The van der Waals surface area contributed by atoms with E-state index >= 15 is 0 Å². The number of nitrogens with one attached hydrogen (secondary N) is 1. The number of furan rings is 1. The molecule has 2 aliphatic carbocycles. The number of hydrogen-bond acceptors (Lipinski definition) is 2. The van der Waals surface area contributed by atoms with Crippen molar-refractivity contribution < 1.29 is 4.42 Å². The molecule has 82 valence electrons. The van der Waals surface area contributed by atoms with Crippen LogP contribution in [0.1, 0.15) is 31.4 Å². The molecular weight excluding hydrogens is 254 g/mol. The Labute approximate surface area is 98.6 Å². The van der Waals surface area contributed by atoms with E-state index in [0.29, 0.717) is 5.41 Å². The lowest BCUT2D eigenvalue weighted by Crippen LogP contribution is -2.24. The van der Waals surface area contributed by atoms with Gasteiger partial charge in [0.25, 0.3) is 0 Å². The molecule has 1 aromatic heterocycles. The van der Waals surface area contributed by atoms with Crippen molar-refractivity contribution in [3.05, 3.63) is 22.6 Å². The molecule has 1 aromatic rings. The van der Waals surface area contributed by atoms with E-state index < -0.39 is 0 Å². The molecule has 3 rings (SSSR count). The predicted octanol–water partition coefficient (Wildman–Crippen LogP) is 3.32. The van der Waals surface area contributed by atoms with Gasteiger partial charge in [-0.15, -0.1) is 0 Å². The van der Waals surface area contributed by atoms with Crippen LogP contribution in [0.5, 0.6) is 0 Å². The second kappa shape index (κ2) is 3.63. The molecule has 0 aliphatic heterocycles. The molecule has 0 atom stereocenters. The van der Waals surface area contributed by atoms with E-state index in [9.17, 15) is 0 Å². The summed E-state index contributed by atoms with van der Waals surface area (Å²) < 4.78 is 6.27. The van der Waals surface area contributed by atoms with Gasteiger partial charge >= 0.3 is 0 Å². The van der Waals surface area contributed by atoms with Gasteiger partial charge < -0.3 is 9.73 Å². The SMILES string of the molecule is Brc1ccc(CNCC2(C3CC3)CC2)o1. The highest BCUT2D eigenvalue weighted by atomic mass is 79.9. The van der Waals surface area contributed by atoms with E-state index in [1.54, 1.807) is 0 Å². The number of rotatable bonds is 5. The van der Waals surface area contributed by atoms with E-state index in [2.05, 4.69) is 21.2 Å². The summed E-state index contributed by atoms with van der Waals surface area (Å²) in [6, 6.07) is 3.97. The average molecular weight is 270 g/mol. The first-order chi connectivity index (χ1) is 7.28. The molecule has 0 saturated heterocycles. The summed E-state index contributed by atoms with van der Waals surface area (Å²) in [4.78, 5) is 0. The van der Waals surface area contributed by atoms with Gasteiger partial charge in [0.15, 0.2) is 4.67 Å². The molecular formula is C12H16BrNO. The minimum atomic E-state index is 0.684. The van der Waals surface area contributed by atoms with Crippen LogP contribution in [0.3, 0.4) is 0 Å². The van der Waals surface area contributed by atoms with Crippen molar-refractivity contribution in [2.75, 3.05) is 6.54 Å². The Morgan fingerprint density at radius 1 is 1.40 bits per heavy atom. The van der Waals surface area contributed by atoms with E-state index in [4.69, 9.17) is 4.42 Å². The molecule has 0 radical (unpaired) electrons. The Hall–Kier alpha value is -0.280. The lowest BCUT2D eigenvalue weighted by Gasteiger charge is -2.13. The Morgan fingerprint density at radius 2 is 2.20 bits per heavy atom. The van der Waals surface area contributed by atoms with Gasteiger partial charge in [-0.1, -0.05) is 0 Å². The van der Waals surface area contributed by atoms with Crippen LogP contribution in [0, 0.1) is 11.3 Å². The molecule has 3 heteroatoms. The summed E-state index contributed by atoms with van der Waals surface area (Å²) >= 11 is 3.31. The molecule has 1 N–H and O–H groups in total. The van der Waals surface area contributed by atoms with Gasteiger partial charge in [0.1, 0.15) is 5.76 Å². The first-order valence-electron chi connectivity index (χ1n) is 5.73. The Bertz CT molecular complexity index is 352. The smallest absolute Gasteiger partial charge is 0.169 e. The monoisotopic (exact) mass is 269 g/mol. The van der Waals surface area contributed by atoms with Crippen molar-refractivity contribution in [1.29, 1.82) is 0 Å². The van der Waals surface area contributed by atoms with Crippen LogP contribution in [0.2, 0.25) is 0 Å². The summed E-state index contributed by atoms with van der Waals surface area (Å²) in [6.45, 7) is 2.04. The Balaban J connectivity index is 1.47. The molecule has 2 nitrogen and oxygen atoms in total. The normalized spacial score (nSPS) is 23.0. The van der Waals surface area contributed by atoms with Crippen LogP contribution in [-0.4, -0.2) is 6.54 Å². The maximum absolute atomic E-state index is 5.45. The fourth-order valence-electron chi connectivity index (χ4n) is 2.47. The second-order valence-electron chi connectivity index (χ2n) is 4.95. The zero-order valence-corrected chi connectivity index (χ0v) is 10.3. The molecule has 0 unspecified atom stereocenters. The van der Waals surface area contributed by atoms with Crippen molar-refractivity contribution >= 4 is 15.9 Å². The van der Waals surface area contributed by atoms with Crippen molar-refractivity contribution in [2.45, 2.75) is 32.2 Å². The maximum Gasteiger partial charge on any atom is 0.169 e. The zero-order valence-electron chi connectivity index (χ0n) is 8.76. The van der Waals surface area contributed by atoms with Gasteiger partial charge in [0.05, 0.1) is 6.54 Å². The fraction of sp³-hybridized carbons (Fsp3) is 0.667. The van der Waals surface area contributed by atoms with Gasteiger partial charge in [0.2, 0.25) is 0 Å². The predicted molar refractivity (Wildman–Crippen MR) is 62.5 cm³/mol. The third-order valence-corrected chi connectivity index (χ3v) is 4.17. The molecule has 2 fully saturated rings. The summed E-state index contributed by atoms with van der Waals surface area (Å²) in [7, 11) is 0. The Morgan fingerprint density at radius 3 is 2.73 bits per heavy atom. The van der Waals surface area contributed by atoms with Gasteiger partial charge in [-0.05, 0) is 65.1 Å². The standard InChI is InChI=1S/C12H16BrNO/c13-11-4-3-10(15-11)7-14-8-12(5-6-12)9-1-2-9/h3-4,9,14H,1-2,5-8H2. The second-order valence-corrected chi connectivity index (χ2v) is 5.73. The lowest BCUT2D eigenvalue weighted by atomic mass is 10.0. The van der Waals surface area contributed by atoms with Crippen LogP contribution in [0.4, 0.5) is 0 Å². The van der Waals surface area contributed by atoms with Gasteiger partial charge in [-0.3, -0.25) is 0 Å². The molecule has 0 aromatic carbocycles. The fourth-order valence-corrected chi connectivity index (χ4v) is 2.81. The van der Waals surface area contributed by atoms with Crippen LogP contribution >= 0.6 is 15.9 Å². The highest BCUT2D eigenvalue weighted by Gasteiger charge is 2.53. The summed E-state index contributed by atoms with van der Waals surface area (Å²) in [5, 5.41) is 3.52. The van der Waals surface area contributed by atoms with Crippen LogP contribution in [0.15, 0.2) is 21.2 Å². The van der Waals surface area contributed by atoms with Crippen molar-refractivity contribution in [1.82, 2.24) is 5.32 Å². The molecule has 1 heterocycles. The minimum Gasteiger partial charge on any atom is -0.453 e. The van der Waals surface area contributed by atoms with E-state index in [0.717, 1.165) is 22.9 Å². The van der Waals surface area contributed by atoms with E-state index in [1.807, 2.05) is 12.1 Å². The van der Waals surface area contributed by atoms with Crippen LogP contribution < -0.4 is 5.32 Å². The third kappa shape index (κ3) is 2.13. The first kappa shape index (κ1) is 9.91. The van der Waals surface area contributed by atoms with Crippen molar-refractivity contribution in [2.24, 2.45) is 11.3 Å². The number of halogens is 1. The van der Waals surface area contributed by atoms with Crippen molar-refractivity contribution in [3.8, 4) is 0 Å². The highest BCUT2D eigenvalue weighted by molar-refractivity contribution is 9.10. The van der Waals surface area contributed by atoms with Crippen LogP contribution in [-0.2, 0) is 6.54 Å². The van der Waals surface area contributed by atoms with E-state index in [-0.39, 0.29) is 0 Å². The highest BCUT2D eigenvalue weighted by Crippen LogP contribution is 2.60. The third-order valence-electron chi connectivity index (χ3n) is 3.74. The molecule has 0 amide bonds. The first-order valence-corrected chi connectivity index (χ1v) is 6.53. The van der Waals surface area contributed by atoms with Gasteiger partial charge in [-0.2, -0.15) is 0 Å². The summed E-state index contributed by atoms with van der Waals surface area (Å²) in [6.07, 6.45) is 5.81. The zero-order chi connectivity index (χ0) is 10.3. The summed E-state index contributed by atoms with van der Waals surface area (Å²) in [5.41, 5.74) is 0.684. The number of hydrogen-bond donors (Lipinski definition) is 1. The lowest BCUT2D eigenvalue weighted by molar-refractivity contribution is 0.385. The molecule has 0 spiro atoms. The molecule has 2 aliphatic rings. The van der Waals surface area contributed by atoms with Crippen molar-refractivity contribution in [3.63, 3.8) is 0 Å². The summed E-state index contributed by atoms with van der Waals surface area (Å²) in [5.74, 6) is 2.06. The quantitative estimate of drug-likeness (QED) is 0.887. The van der Waals surface area contributed by atoms with Gasteiger partial charge in [-0.25, -0.2) is 0 Å². The average Bonchev–Trinajstić information content (AvgIpc) is 3.08. The van der Waals surface area contributed by atoms with Gasteiger partial charge in [0, 0.05) is 6.54 Å². The van der Waals surface area contributed by atoms with Crippen LogP contribution in [0.25, 0.3) is 0 Å². The maximum atomic E-state index is 5.45. The minimum absolute atomic E-state index is 0.684. The molecule has 0 bridgehead atoms. The molecule has 15 heavy (non-hydrogen) atoms.